The van der Waals surface area contributed by atoms with Crippen molar-refractivity contribution in [3.63, 3.8) is 0 Å². The van der Waals surface area contributed by atoms with Crippen molar-refractivity contribution in [3.8, 4) is 0 Å². The molecule has 0 unspecified atom stereocenters. The first kappa shape index (κ1) is 18.0. The Hall–Kier alpha value is -3.35. The van der Waals surface area contributed by atoms with E-state index in [4.69, 9.17) is 10.2 Å². The van der Waals surface area contributed by atoms with Crippen LogP contribution in [0.25, 0.3) is 11.1 Å². The molecule has 2 amide bonds. The fourth-order valence-corrected chi connectivity index (χ4v) is 3.56. The van der Waals surface area contributed by atoms with Gasteiger partial charge in [-0.15, -0.1) is 0 Å². The van der Waals surface area contributed by atoms with Crippen molar-refractivity contribution in [2.24, 2.45) is 11.7 Å². The molecule has 1 saturated heterocycles. The molecule has 7 nitrogen and oxygen atoms in total. The summed E-state index contributed by atoms with van der Waals surface area (Å²) in [7, 11) is 1.76. The number of rotatable bonds is 4. The maximum absolute atomic E-state index is 12.9. The van der Waals surface area contributed by atoms with Crippen LogP contribution >= 0.6 is 0 Å². The predicted molar refractivity (Wildman–Crippen MR) is 107 cm³/mol. The number of benzene rings is 2. The van der Waals surface area contributed by atoms with Crippen LogP contribution in [0.5, 0.6) is 0 Å². The summed E-state index contributed by atoms with van der Waals surface area (Å²) in [5, 5.41) is 0. The van der Waals surface area contributed by atoms with Crippen molar-refractivity contribution in [2.75, 3.05) is 29.9 Å². The van der Waals surface area contributed by atoms with Crippen molar-refractivity contribution < 1.29 is 14.0 Å². The van der Waals surface area contributed by atoms with Crippen LogP contribution in [-0.2, 0) is 4.79 Å². The molecule has 1 aromatic heterocycles. The highest BCUT2D eigenvalue weighted by Gasteiger charge is 2.29. The van der Waals surface area contributed by atoms with Gasteiger partial charge in [-0.2, -0.15) is 4.98 Å². The van der Waals surface area contributed by atoms with Crippen molar-refractivity contribution in [2.45, 2.75) is 12.8 Å². The Labute approximate surface area is 162 Å². The Kier molecular flexibility index (Phi) is 4.73. The number of amides is 2. The van der Waals surface area contributed by atoms with E-state index in [0.717, 1.165) is 42.7 Å². The van der Waals surface area contributed by atoms with Gasteiger partial charge in [0.15, 0.2) is 5.58 Å². The van der Waals surface area contributed by atoms with Crippen LogP contribution in [0.4, 0.5) is 11.7 Å². The Bertz CT molecular complexity index is 971. The molecule has 4 rings (SSSR count). The smallest absolute Gasteiger partial charge is 0.298 e. The molecule has 144 valence electrons. The molecule has 2 aromatic carbocycles. The maximum atomic E-state index is 12.9. The van der Waals surface area contributed by atoms with E-state index in [1.54, 1.807) is 36.2 Å². The Morgan fingerprint density at radius 3 is 2.43 bits per heavy atom. The lowest BCUT2D eigenvalue weighted by molar-refractivity contribution is -0.122. The third-order valence-electron chi connectivity index (χ3n) is 5.27. The van der Waals surface area contributed by atoms with Gasteiger partial charge in [-0.25, -0.2) is 0 Å². The van der Waals surface area contributed by atoms with E-state index >= 15 is 0 Å². The minimum Gasteiger partial charge on any atom is -0.423 e. The van der Waals surface area contributed by atoms with Gasteiger partial charge in [-0.1, -0.05) is 12.1 Å². The van der Waals surface area contributed by atoms with Crippen molar-refractivity contribution >= 4 is 34.6 Å². The first-order chi connectivity index (χ1) is 13.5. The van der Waals surface area contributed by atoms with Crippen molar-refractivity contribution in [1.29, 1.82) is 0 Å². The molecule has 2 heterocycles. The van der Waals surface area contributed by atoms with E-state index < -0.39 is 5.91 Å². The van der Waals surface area contributed by atoms with Gasteiger partial charge >= 0.3 is 0 Å². The number of hydrogen-bond donors (Lipinski definition) is 1. The van der Waals surface area contributed by atoms with Gasteiger partial charge in [-0.3, -0.25) is 9.59 Å². The first-order valence-corrected chi connectivity index (χ1v) is 9.31. The fourth-order valence-electron chi connectivity index (χ4n) is 3.56. The molecule has 1 fully saturated rings. The van der Waals surface area contributed by atoms with Crippen LogP contribution in [0.15, 0.2) is 52.9 Å². The largest absolute Gasteiger partial charge is 0.423 e. The van der Waals surface area contributed by atoms with Crippen LogP contribution < -0.4 is 15.5 Å². The average Bonchev–Trinajstić information content (AvgIpc) is 3.17. The Morgan fingerprint density at radius 2 is 1.79 bits per heavy atom. The van der Waals surface area contributed by atoms with E-state index in [1.165, 1.54) is 0 Å². The molecule has 0 spiro atoms. The zero-order chi connectivity index (χ0) is 19.7. The van der Waals surface area contributed by atoms with Crippen LogP contribution in [0.3, 0.4) is 0 Å². The summed E-state index contributed by atoms with van der Waals surface area (Å²) in [5.41, 5.74) is 8.05. The van der Waals surface area contributed by atoms with Gasteiger partial charge in [-0.05, 0) is 49.2 Å². The highest BCUT2D eigenvalue weighted by atomic mass is 16.4. The topological polar surface area (TPSA) is 92.7 Å². The number of carbonyl (C=O) groups excluding carboxylic acids is 2. The molecule has 0 radical (unpaired) electrons. The number of nitrogens with zero attached hydrogens (tertiary/aromatic N) is 3. The van der Waals surface area contributed by atoms with E-state index in [9.17, 15) is 9.59 Å². The van der Waals surface area contributed by atoms with Gasteiger partial charge in [0.1, 0.15) is 5.52 Å². The maximum Gasteiger partial charge on any atom is 0.298 e. The lowest BCUT2D eigenvalue weighted by Crippen LogP contribution is -2.41. The van der Waals surface area contributed by atoms with Crippen LogP contribution in [0.2, 0.25) is 0 Å². The molecule has 1 aliphatic rings. The number of hydrogen-bond acceptors (Lipinski definition) is 5. The quantitative estimate of drug-likeness (QED) is 0.754. The number of primary amides is 1. The third kappa shape index (κ3) is 3.43. The van der Waals surface area contributed by atoms with E-state index in [1.807, 2.05) is 24.3 Å². The molecule has 1 aliphatic heterocycles. The Balaban J connectivity index is 1.39. The molecule has 0 atom stereocenters. The van der Waals surface area contributed by atoms with Crippen LogP contribution in [0, 0.1) is 5.92 Å². The highest BCUT2D eigenvalue weighted by Crippen LogP contribution is 2.28. The molecule has 7 heteroatoms. The van der Waals surface area contributed by atoms with Crippen molar-refractivity contribution in [3.05, 3.63) is 54.1 Å². The number of aromatic nitrogens is 1. The van der Waals surface area contributed by atoms with Gasteiger partial charge in [0.05, 0.1) is 0 Å². The zero-order valence-electron chi connectivity index (χ0n) is 15.7. The standard InChI is InChI=1S/C21H22N4O3/c1-24(16-8-6-14(7-9-16)19(22)26)20(27)15-10-12-25(13-11-15)21-23-17-4-2-3-5-18(17)28-21/h2-9,15H,10-13H2,1H3,(H2,22,26). The van der Waals surface area contributed by atoms with E-state index in [-0.39, 0.29) is 11.8 Å². The second-order valence-electron chi connectivity index (χ2n) is 7.03. The predicted octanol–water partition coefficient (Wildman–Crippen LogP) is 2.81. The van der Waals surface area contributed by atoms with Crippen LogP contribution in [-0.4, -0.2) is 36.9 Å². The minimum atomic E-state index is -0.480. The summed E-state index contributed by atoms with van der Waals surface area (Å²) >= 11 is 0. The summed E-state index contributed by atoms with van der Waals surface area (Å²) in [5.74, 6) is -0.461. The lowest BCUT2D eigenvalue weighted by Gasteiger charge is -2.32. The normalized spacial score (nSPS) is 15.0. The number of carbonyl (C=O) groups is 2. The molecular weight excluding hydrogens is 356 g/mol. The summed E-state index contributed by atoms with van der Waals surface area (Å²) in [6.07, 6.45) is 1.47. The molecule has 0 saturated carbocycles. The first-order valence-electron chi connectivity index (χ1n) is 9.31. The summed E-state index contributed by atoms with van der Waals surface area (Å²) < 4.78 is 5.83. The molecule has 28 heavy (non-hydrogen) atoms. The number of para-hydroxylation sites is 2. The molecule has 0 aliphatic carbocycles. The van der Waals surface area contributed by atoms with Gasteiger partial charge in [0.2, 0.25) is 11.8 Å². The van der Waals surface area contributed by atoms with Crippen LogP contribution in [0.1, 0.15) is 23.2 Å². The zero-order valence-corrected chi connectivity index (χ0v) is 15.7. The molecular formula is C21H22N4O3. The number of anilines is 2. The van der Waals surface area contributed by atoms with Gasteiger partial charge in [0.25, 0.3) is 6.01 Å². The number of oxazole rings is 1. The lowest BCUT2D eigenvalue weighted by atomic mass is 9.95. The van der Waals surface area contributed by atoms with Gasteiger partial charge in [0, 0.05) is 37.3 Å². The minimum absolute atomic E-state index is 0.0542. The summed E-state index contributed by atoms with van der Waals surface area (Å²) in [6.45, 7) is 1.44. The second kappa shape index (κ2) is 7.34. The third-order valence-corrected chi connectivity index (χ3v) is 5.27. The monoisotopic (exact) mass is 378 g/mol. The molecule has 2 N–H and O–H groups in total. The Morgan fingerprint density at radius 1 is 1.11 bits per heavy atom. The SMILES string of the molecule is CN(C(=O)C1CCN(c2nc3ccccc3o2)CC1)c1ccc(C(N)=O)cc1. The number of fused-ring (bicyclic) bond motifs is 1. The van der Waals surface area contributed by atoms with Crippen molar-refractivity contribution in [1.82, 2.24) is 4.98 Å². The van der Waals surface area contributed by atoms with E-state index in [0.29, 0.717) is 11.6 Å². The highest BCUT2D eigenvalue weighted by molar-refractivity contribution is 5.96. The second-order valence-corrected chi connectivity index (χ2v) is 7.03. The fraction of sp³-hybridized carbons (Fsp3) is 0.286. The summed E-state index contributed by atoms with van der Waals surface area (Å²) in [6, 6.07) is 15.1. The molecule has 0 bridgehead atoms. The number of piperidine rings is 1. The van der Waals surface area contributed by atoms with Gasteiger partial charge < -0.3 is 20.0 Å². The average molecular weight is 378 g/mol. The van der Waals surface area contributed by atoms with E-state index in [2.05, 4.69) is 9.88 Å². The number of nitrogens with two attached hydrogens (primary N) is 1. The molecule has 3 aromatic rings. The summed E-state index contributed by atoms with van der Waals surface area (Å²) in [4.78, 5) is 32.3.